The molecule has 2 rings (SSSR count). The SMILES string of the molecule is CC(=O)c1ccc(Br)cc1OC(C)C(=O)NC1CC1. The Kier molecular flexibility index (Phi) is 4.24. The monoisotopic (exact) mass is 325 g/mol. The van der Waals surface area contributed by atoms with Crippen molar-refractivity contribution in [3.8, 4) is 5.75 Å². The van der Waals surface area contributed by atoms with Gasteiger partial charge >= 0.3 is 0 Å². The minimum Gasteiger partial charge on any atom is -0.480 e. The molecule has 1 aromatic carbocycles. The number of hydrogen-bond donors (Lipinski definition) is 1. The third kappa shape index (κ3) is 3.80. The van der Waals surface area contributed by atoms with E-state index in [-0.39, 0.29) is 11.7 Å². The van der Waals surface area contributed by atoms with E-state index >= 15 is 0 Å². The Morgan fingerprint density at radius 3 is 2.68 bits per heavy atom. The molecule has 1 atom stereocenters. The van der Waals surface area contributed by atoms with E-state index in [1.807, 2.05) is 0 Å². The molecule has 1 fully saturated rings. The summed E-state index contributed by atoms with van der Waals surface area (Å²) in [7, 11) is 0. The van der Waals surface area contributed by atoms with Crippen LogP contribution in [0.4, 0.5) is 0 Å². The van der Waals surface area contributed by atoms with E-state index in [0.717, 1.165) is 17.3 Å². The lowest BCUT2D eigenvalue weighted by atomic mass is 10.1. The van der Waals surface area contributed by atoms with Gasteiger partial charge in [0.15, 0.2) is 11.9 Å². The molecule has 102 valence electrons. The van der Waals surface area contributed by atoms with Crippen molar-refractivity contribution < 1.29 is 14.3 Å². The van der Waals surface area contributed by atoms with E-state index in [2.05, 4.69) is 21.2 Å². The Bertz CT molecular complexity index is 511. The van der Waals surface area contributed by atoms with Gasteiger partial charge in [0.05, 0.1) is 5.56 Å². The number of ketones is 1. The second kappa shape index (κ2) is 5.74. The summed E-state index contributed by atoms with van der Waals surface area (Å²) in [6.07, 6.45) is 1.45. The molecule has 1 amide bonds. The molecule has 1 N–H and O–H groups in total. The minimum absolute atomic E-state index is 0.0858. The second-order valence-electron chi connectivity index (χ2n) is 4.74. The Balaban J connectivity index is 2.10. The summed E-state index contributed by atoms with van der Waals surface area (Å²) in [5, 5.41) is 2.88. The molecule has 1 aliphatic rings. The van der Waals surface area contributed by atoms with E-state index < -0.39 is 6.10 Å². The number of amides is 1. The standard InChI is InChI=1S/C14H16BrNO3/c1-8(17)12-6-3-10(15)7-13(12)19-9(2)14(18)16-11-4-5-11/h3,6-7,9,11H,4-5H2,1-2H3,(H,16,18). The van der Waals surface area contributed by atoms with Crippen molar-refractivity contribution in [2.45, 2.75) is 38.8 Å². The Morgan fingerprint density at radius 2 is 2.11 bits per heavy atom. The minimum atomic E-state index is -0.618. The van der Waals surface area contributed by atoms with Crippen molar-refractivity contribution >= 4 is 27.6 Å². The second-order valence-corrected chi connectivity index (χ2v) is 5.66. The van der Waals surface area contributed by atoms with Crippen molar-refractivity contribution in [2.24, 2.45) is 0 Å². The van der Waals surface area contributed by atoms with Gasteiger partial charge in [-0.3, -0.25) is 9.59 Å². The molecular formula is C14H16BrNO3. The lowest BCUT2D eigenvalue weighted by Gasteiger charge is -2.16. The maximum atomic E-state index is 11.8. The van der Waals surface area contributed by atoms with E-state index in [1.54, 1.807) is 25.1 Å². The summed E-state index contributed by atoms with van der Waals surface area (Å²) in [5.41, 5.74) is 0.481. The number of carbonyl (C=O) groups is 2. The van der Waals surface area contributed by atoms with Crippen molar-refractivity contribution in [3.05, 3.63) is 28.2 Å². The number of carbonyl (C=O) groups excluding carboxylic acids is 2. The van der Waals surface area contributed by atoms with E-state index in [0.29, 0.717) is 17.4 Å². The molecular weight excluding hydrogens is 310 g/mol. The molecule has 0 aliphatic heterocycles. The van der Waals surface area contributed by atoms with Crippen LogP contribution >= 0.6 is 15.9 Å². The van der Waals surface area contributed by atoms with Crippen molar-refractivity contribution in [2.75, 3.05) is 0 Å². The summed E-state index contributed by atoms with van der Waals surface area (Å²) in [5.74, 6) is 0.203. The molecule has 1 aliphatic carbocycles. The predicted octanol–water partition coefficient (Wildman–Crippen LogP) is 2.70. The van der Waals surface area contributed by atoms with Crippen LogP contribution in [0.3, 0.4) is 0 Å². The summed E-state index contributed by atoms with van der Waals surface area (Å²) in [6, 6.07) is 5.47. The fourth-order valence-corrected chi connectivity index (χ4v) is 2.01. The number of hydrogen-bond acceptors (Lipinski definition) is 3. The smallest absolute Gasteiger partial charge is 0.260 e. The Morgan fingerprint density at radius 1 is 1.42 bits per heavy atom. The van der Waals surface area contributed by atoms with Crippen LogP contribution in [0.5, 0.6) is 5.75 Å². The van der Waals surface area contributed by atoms with Crippen LogP contribution in [0.1, 0.15) is 37.0 Å². The van der Waals surface area contributed by atoms with Crippen molar-refractivity contribution in [3.63, 3.8) is 0 Å². The molecule has 0 bridgehead atoms. The zero-order chi connectivity index (χ0) is 14.0. The number of rotatable bonds is 5. The normalized spacial score (nSPS) is 15.7. The van der Waals surface area contributed by atoms with E-state index in [1.165, 1.54) is 6.92 Å². The molecule has 1 unspecified atom stereocenters. The van der Waals surface area contributed by atoms with Crippen LogP contribution in [0.15, 0.2) is 22.7 Å². The fraction of sp³-hybridized carbons (Fsp3) is 0.429. The Hall–Kier alpha value is -1.36. The number of benzene rings is 1. The van der Waals surface area contributed by atoms with Gasteiger partial charge in [0, 0.05) is 10.5 Å². The molecule has 19 heavy (non-hydrogen) atoms. The quantitative estimate of drug-likeness (QED) is 0.847. The number of ether oxygens (including phenoxy) is 1. The molecule has 0 aromatic heterocycles. The maximum absolute atomic E-state index is 11.8. The zero-order valence-corrected chi connectivity index (χ0v) is 12.5. The highest BCUT2D eigenvalue weighted by Gasteiger charge is 2.26. The highest BCUT2D eigenvalue weighted by molar-refractivity contribution is 9.10. The molecule has 0 spiro atoms. The van der Waals surface area contributed by atoms with Gasteiger partial charge in [0.25, 0.3) is 5.91 Å². The van der Waals surface area contributed by atoms with Crippen LogP contribution in [0.2, 0.25) is 0 Å². The summed E-state index contributed by atoms with van der Waals surface area (Å²) >= 11 is 3.33. The maximum Gasteiger partial charge on any atom is 0.260 e. The largest absolute Gasteiger partial charge is 0.480 e. The van der Waals surface area contributed by atoms with Gasteiger partial charge in [-0.1, -0.05) is 15.9 Å². The van der Waals surface area contributed by atoms with Crippen molar-refractivity contribution in [1.29, 1.82) is 0 Å². The molecule has 0 heterocycles. The third-order valence-electron chi connectivity index (χ3n) is 2.92. The fourth-order valence-electron chi connectivity index (χ4n) is 1.67. The Labute approximate surface area is 120 Å². The first kappa shape index (κ1) is 14.1. The van der Waals surface area contributed by atoms with Crippen LogP contribution in [-0.2, 0) is 4.79 Å². The number of nitrogens with one attached hydrogen (secondary N) is 1. The van der Waals surface area contributed by atoms with Crippen molar-refractivity contribution in [1.82, 2.24) is 5.32 Å². The third-order valence-corrected chi connectivity index (χ3v) is 3.41. The molecule has 0 saturated heterocycles. The first-order valence-electron chi connectivity index (χ1n) is 6.25. The molecule has 0 radical (unpaired) electrons. The molecule has 4 nitrogen and oxygen atoms in total. The topological polar surface area (TPSA) is 55.4 Å². The van der Waals surface area contributed by atoms with Gasteiger partial charge in [-0.15, -0.1) is 0 Å². The molecule has 5 heteroatoms. The highest BCUT2D eigenvalue weighted by Crippen LogP contribution is 2.25. The van der Waals surface area contributed by atoms with Gasteiger partial charge in [0.2, 0.25) is 0 Å². The van der Waals surface area contributed by atoms with Crippen LogP contribution in [-0.4, -0.2) is 23.8 Å². The van der Waals surface area contributed by atoms with E-state index in [4.69, 9.17) is 4.74 Å². The zero-order valence-electron chi connectivity index (χ0n) is 10.9. The molecule has 1 aromatic rings. The highest BCUT2D eigenvalue weighted by atomic mass is 79.9. The summed E-state index contributed by atoms with van der Waals surface area (Å²) < 4.78 is 6.42. The van der Waals surface area contributed by atoms with Crippen LogP contribution in [0.25, 0.3) is 0 Å². The molecule has 1 saturated carbocycles. The van der Waals surface area contributed by atoms with E-state index in [9.17, 15) is 9.59 Å². The number of Topliss-reactive ketones (excluding diaryl/α,β-unsaturated/α-hetero) is 1. The lowest BCUT2D eigenvalue weighted by molar-refractivity contribution is -0.127. The first-order valence-corrected chi connectivity index (χ1v) is 7.04. The van der Waals surface area contributed by atoms with Gasteiger partial charge < -0.3 is 10.1 Å². The summed E-state index contributed by atoms with van der Waals surface area (Å²) in [4.78, 5) is 23.4. The average molecular weight is 326 g/mol. The first-order chi connectivity index (χ1) is 8.97. The van der Waals surface area contributed by atoms with Gasteiger partial charge in [0.1, 0.15) is 5.75 Å². The summed E-state index contributed by atoms with van der Waals surface area (Å²) in [6.45, 7) is 3.16. The van der Waals surface area contributed by atoms with Crippen LogP contribution in [0, 0.1) is 0 Å². The van der Waals surface area contributed by atoms with Gasteiger partial charge in [-0.05, 0) is 44.9 Å². The van der Waals surface area contributed by atoms with Gasteiger partial charge in [-0.2, -0.15) is 0 Å². The number of halogens is 1. The van der Waals surface area contributed by atoms with Gasteiger partial charge in [-0.25, -0.2) is 0 Å². The average Bonchev–Trinajstić information content (AvgIpc) is 3.12. The lowest BCUT2D eigenvalue weighted by Crippen LogP contribution is -2.37. The predicted molar refractivity (Wildman–Crippen MR) is 75.4 cm³/mol. The van der Waals surface area contributed by atoms with Crippen LogP contribution < -0.4 is 10.1 Å².